The van der Waals surface area contributed by atoms with E-state index in [9.17, 15) is 19.8 Å². The van der Waals surface area contributed by atoms with E-state index >= 15 is 0 Å². The van der Waals surface area contributed by atoms with E-state index in [4.69, 9.17) is 4.74 Å². The van der Waals surface area contributed by atoms with Gasteiger partial charge in [-0.1, -0.05) is 289 Å². The van der Waals surface area contributed by atoms with Crippen molar-refractivity contribution in [2.24, 2.45) is 0 Å². The van der Waals surface area contributed by atoms with Crippen molar-refractivity contribution in [2.45, 2.75) is 347 Å². The molecule has 0 saturated heterocycles. The van der Waals surface area contributed by atoms with Gasteiger partial charge in [-0.25, -0.2) is 0 Å². The molecule has 2 atom stereocenters. The molecular weight excluding hydrogens is 815 g/mol. The first kappa shape index (κ1) is 64.6. The zero-order chi connectivity index (χ0) is 47.9. The van der Waals surface area contributed by atoms with Gasteiger partial charge in [-0.15, -0.1) is 0 Å². The number of carbonyl (C=O) groups excluding carboxylic acids is 2. The summed E-state index contributed by atoms with van der Waals surface area (Å²) >= 11 is 0. The predicted molar refractivity (Wildman–Crippen MR) is 287 cm³/mol. The normalized spacial score (nSPS) is 12.6. The maximum atomic E-state index is 12.5. The molecule has 392 valence electrons. The fourth-order valence-electron chi connectivity index (χ4n) is 9.45. The molecular formula is C60H117NO5. The highest BCUT2D eigenvalue weighted by Crippen LogP contribution is 2.18. The Bertz CT molecular complexity index is 986. The van der Waals surface area contributed by atoms with Crippen molar-refractivity contribution in [1.82, 2.24) is 5.32 Å². The number of aliphatic hydroxyl groups is 2. The maximum absolute atomic E-state index is 12.5. The van der Waals surface area contributed by atoms with Gasteiger partial charge in [-0.05, 0) is 44.9 Å². The summed E-state index contributed by atoms with van der Waals surface area (Å²) < 4.78 is 5.45. The SMILES string of the molecule is CCCC/C=C\CCCCCCCC(=O)OCCCCCCCCCCCCCCCCCCC(=O)NC(CO)C(O)CCCCCCCCCCCCCCCCCCCCCCCC. The van der Waals surface area contributed by atoms with Crippen LogP contribution in [-0.4, -0.2) is 47.4 Å². The Morgan fingerprint density at radius 3 is 1.12 bits per heavy atom. The Balaban J connectivity index is 3.42. The minimum absolute atomic E-state index is 0.00699. The third-order valence-electron chi connectivity index (χ3n) is 14.1. The number of amides is 1. The Kier molecular flexibility index (Phi) is 55.0. The number of rotatable bonds is 56. The Hall–Kier alpha value is -1.40. The molecule has 0 aromatic carbocycles. The highest BCUT2D eigenvalue weighted by Gasteiger charge is 2.20. The van der Waals surface area contributed by atoms with Gasteiger partial charge in [0.1, 0.15) is 0 Å². The highest BCUT2D eigenvalue weighted by molar-refractivity contribution is 5.76. The highest BCUT2D eigenvalue weighted by atomic mass is 16.5. The number of unbranched alkanes of at least 4 members (excludes halogenated alkanes) is 43. The molecule has 0 aromatic rings. The van der Waals surface area contributed by atoms with Crippen molar-refractivity contribution in [3.05, 3.63) is 12.2 Å². The molecule has 3 N–H and O–H groups in total. The van der Waals surface area contributed by atoms with Crippen LogP contribution < -0.4 is 5.32 Å². The summed E-state index contributed by atoms with van der Waals surface area (Å²) in [5, 5.41) is 23.4. The van der Waals surface area contributed by atoms with Crippen LogP contribution in [0.4, 0.5) is 0 Å². The zero-order valence-corrected chi connectivity index (χ0v) is 44.7. The standard InChI is InChI=1S/C60H117NO5/c1-3-5-7-9-11-13-15-16-17-18-19-20-21-22-23-26-29-33-36-40-44-48-52-58(63)57(56-62)61-59(64)53-49-45-41-37-34-30-27-24-25-28-31-35-39-43-47-51-55-66-60(65)54-50-46-42-38-32-14-12-10-8-6-4-2/h10,12,57-58,62-63H,3-9,11,13-56H2,1-2H3,(H,61,64)/b12-10-. The first-order chi connectivity index (χ1) is 32.5. The zero-order valence-electron chi connectivity index (χ0n) is 44.7. The summed E-state index contributed by atoms with van der Waals surface area (Å²) in [5.41, 5.74) is 0. The first-order valence-electron chi connectivity index (χ1n) is 29.9. The van der Waals surface area contributed by atoms with Crippen molar-refractivity contribution >= 4 is 11.9 Å². The van der Waals surface area contributed by atoms with Crippen LogP contribution in [0.3, 0.4) is 0 Å². The molecule has 6 heteroatoms. The molecule has 0 aliphatic rings. The fraction of sp³-hybridized carbons (Fsp3) is 0.933. The maximum Gasteiger partial charge on any atom is 0.305 e. The van der Waals surface area contributed by atoms with Crippen molar-refractivity contribution in [1.29, 1.82) is 0 Å². The quantitative estimate of drug-likeness (QED) is 0.0321. The third-order valence-corrected chi connectivity index (χ3v) is 14.1. The van der Waals surface area contributed by atoms with Gasteiger partial charge in [0.2, 0.25) is 5.91 Å². The largest absolute Gasteiger partial charge is 0.466 e. The molecule has 0 aliphatic carbocycles. The summed E-state index contributed by atoms with van der Waals surface area (Å²) in [6.07, 6.45) is 66.4. The molecule has 0 spiro atoms. The van der Waals surface area contributed by atoms with E-state index in [1.54, 1.807) is 0 Å². The fourth-order valence-corrected chi connectivity index (χ4v) is 9.45. The van der Waals surface area contributed by atoms with E-state index in [1.807, 2.05) is 0 Å². The number of hydrogen-bond donors (Lipinski definition) is 3. The molecule has 0 saturated carbocycles. The predicted octanol–water partition coefficient (Wildman–Crippen LogP) is 18.5. The van der Waals surface area contributed by atoms with Crippen molar-refractivity contribution in [3.63, 3.8) is 0 Å². The average Bonchev–Trinajstić information content (AvgIpc) is 3.32. The monoisotopic (exact) mass is 932 g/mol. The van der Waals surface area contributed by atoms with Gasteiger partial charge in [-0.3, -0.25) is 9.59 Å². The number of aliphatic hydroxyl groups excluding tert-OH is 2. The van der Waals surface area contributed by atoms with E-state index < -0.39 is 12.1 Å². The summed E-state index contributed by atoms with van der Waals surface area (Å²) in [4.78, 5) is 24.5. The lowest BCUT2D eigenvalue weighted by Gasteiger charge is -2.22. The van der Waals surface area contributed by atoms with Crippen molar-refractivity contribution in [2.75, 3.05) is 13.2 Å². The molecule has 0 aliphatic heterocycles. The molecule has 2 unspecified atom stereocenters. The summed E-state index contributed by atoms with van der Waals surface area (Å²) in [5.74, 6) is -0.0453. The topological polar surface area (TPSA) is 95.9 Å². The lowest BCUT2D eigenvalue weighted by atomic mass is 10.0. The van der Waals surface area contributed by atoms with Crippen molar-refractivity contribution in [3.8, 4) is 0 Å². The molecule has 0 rings (SSSR count). The molecule has 66 heavy (non-hydrogen) atoms. The molecule has 0 bridgehead atoms. The van der Waals surface area contributed by atoms with Gasteiger partial charge in [0.15, 0.2) is 0 Å². The molecule has 0 fully saturated rings. The minimum atomic E-state index is -0.669. The number of nitrogens with one attached hydrogen (secondary N) is 1. The van der Waals surface area contributed by atoms with Crippen LogP contribution in [0.1, 0.15) is 335 Å². The molecule has 0 heterocycles. The van der Waals surface area contributed by atoms with Crippen LogP contribution in [0.2, 0.25) is 0 Å². The summed E-state index contributed by atoms with van der Waals surface area (Å²) in [6.45, 7) is 4.92. The van der Waals surface area contributed by atoms with Gasteiger partial charge >= 0.3 is 5.97 Å². The number of ether oxygens (including phenoxy) is 1. The Morgan fingerprint density at radius 1 is 0.409 bits per heavy atom. The van der Waals surface area contributed by atoms with E-state index in [1.165, 1.54) is 257 Å². The summed E-state index contributed by atoms with van der Waals surface area (Å²) in [6, 6.07) is -0.547. The second kappa shape index (κ2) is 56.2. The summed E-state index contributed by atoms with van der Waals surface area (Å²) in [7, 11) is 0. The van der Waals surface area contributed by atoms with Crippen LogP contribution in [-0.2, 0) is 14.3 Å². The Morgan fingerprint density at radius 2 is 0.727 bits per heavy atom. The Labute approximate surface area is 412 Å². The van der Waals surface area contributed by atoms with Crippen LogP contribution in [0, 0.1) is 0 Å². The number of allylic oxidation sites excluding steroid dienone is 2. The first-order valence-corrected chi connectivity index (χ1v) is 29.9. The van der Waals surface area contributed by atoms with Gasteiger partial charge in [0, 0.05) is 12.8 Å². The second-order valence-electron chi connectivity index (χ2n) is 20.7. The number of carbonyl (C=O) groups is 2. The molecule has 6 nitrogen and oxygen atoms in total. The molecule has 1 amide bonds. The van der Waals surface area contributed by atoms with Crippen LogP contribution in [0.15, 0.2) is 12.2 Å². The van der Waals surface area contributed by atoms with Crippen molar-refractivity contribution < 1.29 is 24.5 Å². The lowest BCUT2D eigenvalue weighted by molar-refractivity contribution is -0.143. The smallest absolute Gasteiger partial charge is 0.305 e. The van der Waals surface area contributed by atoms with Crippen LogP contribution in [0.5, 0.6) is 0 Å². The van der Waals surface area contributed by atoms with E-state index in [-0.39, 0.29) is 18.5 Å². The van der Waals surface area contributed by atoms with E-state index in [2.05, 4.69) is 31.3 Å². The number of hydrogen-bond acceptors (Lipinski definition) is 5. The second-order valence-corrected chi connectivity index (χ2v) is 20.7. The van der Waals surface area contributed by atoms with Crippen LogP contribution in [0.25, 0.3) is 0 Å². The van der Waals surface area contributed by atoms with E-state index in [0.717, 1.165) is 44.9 Å². The van der Waals surface area contributed by atoms with Gasteiger partial charge < -0.3 is 20.3 Å². The third kappa shape index (κ3) is 52.0. The minimum Gasteiger partial charge on any atom is -0.466 e. The van der Waals surface area contributed by atoms with Gasteiger partial charge in [0.25, 0.3) is 0 Å². The lowest BCUT2D eigenvalue weighted by Crippen LogP contribution is -2.45. The van der Waals surface area contributed by atoms with Crippen LogP contribution >= 0.6 is 0 Å². The average molecular weight is 933 g/mol. The molecule has 0 aromatic heterocycles. The molecule has 0 radical (unpaired) electrons. The van der Waals surface area contributed by atoms with Gasteiger partial charge in [-0.2, -0.15) is 0 Å². The number of esters is 1. The van der Waals surface area contributed by atoms with Gasteiger partial charge in [0.05, 0.1) is 25.4 Å². The van der Waals surface area contributed by atoms with E-state index in [0.29, 0.717) is 25.9 Å².